The van der Waals surface area contributed by atoms with Crippen molar-refractivity contribution < 1.29 is 14.3 Å². The molecule has 1 rings (SSSR count). The van der Waals surface area contributed by atoms with E-state index >= 15 is 0 Å². The van der Waals surface area contributed by atoms with Crippen LogP contribution in [0.25, 0.3) is 0 Å². The molecule has 1 aromatic rings. The molecule has 0 fully saturated rings. The third-order valence-corrected chi connectivity index (χ3v) is 2.70. The molecule has 0 unspecified atom stereocenters. The van der Waals surface area contributed by atoms with Gasteiger partial charge in [0.25, 0.3) is 0 Å². The number of benzene rings is 1. The van der Waals surface area contributed by atoms with Crippen molar-refractivity contribution in [3.8, 4) is 5.75 Å². The summed E-state index contributed by atoms with van der Waals surface area (Å²) in [6, 6.07) is 5.45. The zero-order chi connectivity index (χ0) is 13.4. The number of hydrogen-bond donors (Lipinski definition) is 0. The number of likely N-dealkylation sites (N-methyl/N-ethyl adjacent to an activating group) is 1. The highest BCUT2D eigenvalue weighted by Crippen LogP contribution is 2.20. The van der Waals surface area contributed by atoms with Crippen LogP contribution in [0.5, 0.6) is 5.75 Å². The molecule has 4 heteroatoms. The smallest absolute Gasteiger partial charge is 0.150 e. The maximum Gasteiger partial charge on any atom is 0.150 e. The molecule has 0 bridgehead atoms. The van der Waals surface area contributed by atoms with E-state index in [-0.39, 0.29) is 0 Å². The van der Waals surface area contributed by atoms with Crippen molar-refractivity contribution in [2.75, 3.05) is 33.9 Å². The van der Waals surface area contributed by atoms with Gasteiger partial charge in [0.1, 0.15) is 12.0 Å². The maximum absolute atomic E-state index is 10.8. The van der Waals surface area contributed by atoms with Crippen LogP contribution in [-0.2, 0) is 11.3 Å². The number of rotatable bonds is 8. The number of ether oxygens (including phenoxy) is 2. The second-order valence-electron chi connectivity index (χ2n) is 4.12. The van der Waals surface area contributed by atoms with Crippen LogP contribution in [0.15, 0.2) is 18.2 Å². The second kappa shape index (κ2) is 7.84. The van der Waals surface area contributed by atoms with Crippen molar-refractivity contribution in [3.63, 3.8) is 0 Å². The summed E-state index contributed by atoms with van der Waals surface area (Å²) in [5.41, 5.74) is 1.69. The Labute approximate surface area is 108 Å². The summed E-state index contributed by atoms with van der Waals surface area (Å²) in [5, 5.41) is 0. The molecule has 0 aliphatic carbocycles. The molecular weight excluding hydrogens is 230 g/mol. The van der Waals surface area contributed by atoms with Crippen molar-refractivity contribution in [3.05, 3.63) is 29.3 Å². The normalized spacial score (nSPS) is 10.7. The number of carbonyl (C=O) groups excluding carboxylic acids is 1. The van der Waals surface area contributed by atoms with Gasteiger partial charge >= 0.3 is 0 Å². The van der Waals surface area contributed by atoms with Gasteiger partial charge in [-0.3, -0.25) is 9.69 Å². The van der Waals surface area contributed by atoms with E-state index in [4.69, 9.17) is 9.47 Å². The maximum atomic E-state index is 10.8. The number of carbonyl (C=O) groups is 1. The Bertz CT molecular complexity index is 379. The summed E-state index contributed by atoms with van der Waals surface area (Å²) in [7, 11) is 3.66. The lowest BCUT2D eigenvalue weighted by Crippen LogP contribution is -2.23. The molecule has 4 nitrogen and oxygen atoms in total. The van der Waals surface area contributed by atoms with E-state index in [2.05, 4.69) is 4.90 Å². The summed E-state index contributed by atoms with van der Waals surface area (Å²) in [4.78, 5) is 12.9. The van der Waals surface area contributed by atoms with Gasteiger partial charge in [0, 0.05) is 30.8 Å². The molecular formula is C14H21NO3. The molecule has 0 aliphatic rings. The van der Waals surface area contributed by atoms with E-state index in [1.54, 1.807) is 13.2 Å². The highest BCUT2D eigenvalue weighted by Gasteiger charge is 2.07. The predicted molar refractivity (Wildman–Crippen MR) is 71.2 cm³/mol. The van der Waals surface area contributed by atoms with Crippen molar-refractivity contribution in [2.45, 2.75) is 13.5 Å². The summed E-state index contributed by atoms with van der Waals surface area (Å²) < 4.78 is 10.6. The van der Waals surface area contributed by atoms with Crippen LogP contribution in [0.1, 0.15) is 22.8 Å². The summed E-state index contributed by atoms with van der Waals surface area (Å²) >= 11 is 0. The molecule has 0 saturated heterocycles. The van der Waals surface area contributed by atoms with Gasteiger partial charge in [0.05, 0.1) is 13.7 Å². The summed E-state index contributed by atoms with van der Waals surface area (Å²) in [5.74, 6) is 0.809. The van der Waals surface area contributed by atoms with Crippen LogP contribution >= 0.6 is 0 Å². The lowest BCUT2D eigenvalue weighted by Gasteiger charge is -2.18. The predicted octanol–water partition coefficient (Wildman–Crippen LogP) is 1.98. The van der Waals surface area contributed by atoms with Gasteiger partial charge in [-0.15, -0.1) is 0 Å². The lowest BCUT2D eigenvalue weighted by atomic mass is 10.1. The topological polar surface area (TPSA) is 38.8 Å². The highest BCUT2D eigenvalue weighted by atomic mass is 16.5. The molecule has 0 saturated carbocycles. The van der Waals surface area contributed by atoms with Gasteiger partial charge in [-0.25, -0.2) is 0 Å². The van der Waals surface area contributed by atoms with Gasteiger partial charge < -0.3 is 9.47 Å². The minimum absolute atomic E-state index is 0.670. The van der Waals surface area contributed by atoms with E-state index in [1.807, 2.05) is 26.1 Å². The third kappa shape index (κ3) is 4.47. The first-order chi connectivity index (χ1) is 8.71. The molecule has 0 N–H and O–H groups in total. The number of nitrogens with zero attached hydrogens (tertiary/aromatic N) is 1. The van der Waals surface area contributed by atoms with E-state index in [9.17, 15) is 4.79 Å². The largest absolute Gasteiger partial charge is 0.496 e. The second-order valence-corrected chi connectivity index (χ2v) is 4.12. The Morgan fingerprint density at radius 1 is 1.39 bits per heavy atom. The fraction of sp³-hybridized carbons (Fsp3) is 0.500. The Balaban J connectivity index is 2.66. The molecule has 0 aliphatic heterocycles. The average molecular weight is 251 g/mol. The molecule has 18 heavy (non-hydrogen) atoms. The van der Waals surface area contributed by atoms with E-state index in [0.717, 1.165) is 37.3 Å². The SMILES string of the molecule is CCOCCN(C)Cc1cc(C=O)ccc1OC. The molecule has 100 valence electrons. The van der Waals surface area contributed by atoms with Crippen LogP contribution in [0.4, 0.5) is 0 Å². The fourth-order valence-electron chi connectivity index (χ4n) is 1.73. The van der Waals surface area contributed by atoms with Crippen LogP contribution in [0.2, 0.25) is 0 Å². The van der Waals surface area contributed by atoms with Crippen molar-refractivity contribution in [1.29, 1.82) is 0 Å². The molecule has 0 aromatic heterocycles. The Morgan fingerprint density at radius 2 is 2.17 bits per heavy atom. The number of methoxy groups -OCH3 is 1. The van der Waals surface area contributed by atoms with Gasteiger partial charge in [-0.1, -0.05) is 0 Å². The summed E-state index contributed by atoms with van der Waals surface area (Å²) in [6.07, 6.45) is 0.850. The molecule has 0 amide bonds. The van der Waals surface area contributed by atoms with Crippen LogP contribution < -0.4 is 4.74 Å². The molecule has 1 aromatic carbocycles. The minimum Gasteiger partial charge on any atom is -0.496 e. The van der Waals surface area contributed by atoms with Crippen LogP contribution in [0, 0.1) is 0 Å². The van der Waals surface area contributed by atoms with Crippen LogP contribution in [0.3, 0.4) is 0 Å². The fourth-order valence-corrected chi connectivity index (χ4v) is 1.73. The Kier molecular flexibility index (Phi) is 6.39. The van der Waals surface area contributed by atoms with E-state index < -0.39 is 0 Å². The first kappa shape index (κ1) is 14.7. The van der Waals surface area contributed by atoms with Gasteiger partial charge in [0.2, 0.25) is 0 Å². The Morgan fingerprint density at radius 3 is 2.78 bits per heavy atom. The van der Waals surface area contributed by atoms with Gasteiger partial charge in [-0.05, 0) is 32.2 Å². The number of hydrogen-bond acceptors (Lipinski definition) is 4. The lowest BCUT2D eigenvalue weighted by molar-refractivity contribution is 0.112. The van der Waals surface area contributed by atoms with Gasteiger partial charge in [0.15, 0.2) is 0 Å². The standard InChI is InChI=1S/C14H21NO3/c1-4-18-8-7-15(2)10-13-9-12(11-16)5-6-14(13)17-3/h5-6,9,11H,4,7-8,10H2,1-3H3. The third-order valence-electron chi connectivity index (χ3n) is 2.70. The molecule has 0 radical (unpaired) electrons. The minimum atomic E-state index is 0.670. The highest BCUT2D eigenvalue weighted by molar-refractivity contribution is 5.75. The molecule has 0 spiro atoms. The van der Waals surface area contributed by atoms with Crippen molar-refractivity contribution >= 4 is 6.29 Å². The quantitative estimate of drug-likeness (QED) is 0.523. The first-order valence-corrected chi connectivity index (χ1v) is 6.09. The Hall–Kier alpha value is -1.39. The van der Waals surface area contributed by atoms with Crippen LogP contribution in [-0.4, -0.2) is 45.1 Å². The first-order valence-electron chi connectivity index (χ1n) is 6.09. The molecule has 0 heterocycles. The van der Waals surface area contributed by atoms with Crippen molar-refractivity contribution in [2.24, 2.45) is 0 Å². The zero-order valence-corrected chi connectivity index (χ0v) is 11.3. The van der Waals surface area contributed by atoms with E-state index in [1.165, 1.54) is 0 Å². The van der Waals surface area contributed by atoms with Crippen molar-refractivity contribution in [1.82, 2.24) is 4.90 Å². The average Bonchev–Trinajstić information content (AvgIpc) is 2.39. The van der Waals surface area contributed by atoms with Gasteiger partial charge in [-0.2, -0.15) is 0 Å². The summed E-state index contributed by atoms with van der Waals surface area (Å²) in [6.45, 7) is 5.01. The molecule has 0 atom stereocenters. The number of aldehydes is 1. The van der Waals surface area contributed by atoms with E-state index in [0.29, 0.717) is 12.2 Å². The zero-order valence-electron chi connectivity index (χ0n) is 11.3. The monoisotopic (exact) mass is 251 g/mol.